The number of alkyl halides is 2. The number of nitrogens with one attached hydrogen (secondary N) is 1. The van der Waals surface area contributed by atoms with Crippen LogP contribution in [0.3, 0.4) is 0 Å². The highest BCUT2D eigenvalue weighted by atomic mass is 19.3. The lowest BCUT2D eigenvalue weighted by atomic mass is 9.79. The maximum absolute atomic E-state index is 13.8. The molecule has 3 N–H and O–H groups in total. The van der Waals surface area contributed by atoms with Gasteiger partial charge in [0, 0.05) is 42.0 Å². The Morgan fingerprint density at radius 2 is 1.78 bits per heavy atom. The summed E-state index contributed by atoms with van der Waals surface area (Å²) < 4.78 is 48.3. The van der Waals surface area contributed by atoms with Crippen LogP contribution in [-0.2, 0) is 4.79 Å². The number of aliphatic hydroxyl groups is 1. The molecule has 5 rings (SSSR count). The van der Waals surface area contributed by atoms with Gasteiger partial charge in [0.25, 0.3) is 0 Å². The van der Waals surface area contributed by atoms with E-state index >= 15 is 0 Å². The van der Waals surface area contributed by atoms with E-state index in [-0.39, 0.29) is 36.7 Å². The second-order valence-corrected chi connectivity index (χ2v) is 10.7. The zero-order valence-electron chi connectivity index (χ0n) is 23.1. The maximum atomic E-state index is 13.8. The molecule has 0 spiro atoms. The van der Waals surface area contributed by atoms with Crippen molar-refractivity contribution in [3.63, 3.8) is 0 Å². The van der Waals surface area contributed by atoms with Crippen molar-refractivity contribution in [2.24, 2.45) is 11.8 Å². The second kappa shape index (κ2) is 11.0. The van der Waals surface area contributed by atoms with E-state index in [2.05, 4.69) is 14.8 Å². The van der Waals surface area contributed by atoms with Crippen LogP contribution in [0.25, 0.3) is 0 Å². The normalized spacial score (nSPS) is 20.9. The van der Waals surface area contributed by atoms with Crippen LogP contribution in [-0.4, -0.2) is 53.8 Å². The van der Waals surface area contributed by atoms with Crippen LogP contribution in [0.4, 0.5) is 14.6 Å². The van der Waals surface area contributed by atoms with Gasteiger partial charge < -0.3 is 34.5 Å². The van der Waals surface area contributed by atoms with Gasteiger partial charge in [-0.25, -0.2) is 4.98 Å². The Balaban J connectivity index is 1.68. The van der Waals surface area contributed by atoms with Gasteiger partial charge in [-0.2, -0.15) is 0 Å². The molecule has 2 heterocycles. The van der Waals surface area contributed by atoms with Crippen molar-refractivity contribution in [1.82, 2.24) is 4.98 Å². The van der Waals surface area contributed by atoms with Crippen molar-refractivity contribution < 1.29 is 42.7 Å². The molecule has 0 radical (unpaired) electrons. The largest absolute Gasteiger partial charge is 0.586 e. The van der Waals surface area contributed by atoms with E-state index in [1.807, 2.05) is 26.8 Å². The number of nitrogens with zero attached hydrogens (tertiary/aromatic N) is 1. The van der Waals surface area contributed by atoms with Gasteiger partial charge in [0.1, 0.15) is 17.3 Å². The molecule has 2 aliphatic rings. The fourth-order valence-electron chi connectivity index (χ4n) is 5.41. The molecule has 0 saturated carbocycles. The summed E-state index contributed by atoms with van der Waals surface area (Å²) in [5.41, 5.74) is 2.22. The third-order valence-electron chi connectivity index (χ3n) is 7.20. The minimum absolute atomic E-state index is 0.0712. The van der Waals surface area contributed by atoms with E-state index in [0.29, 0.717) is 39.7 Å². The summed E-state index contributed by atoms with van der Waals surface area (Å²) in [6, 6.07) is 13.2. The molecule has 11 heteroatoms. The van der Waals surface area contributed by atoms with Crippen molar-refractivity contribution in [2.75, 3.05) is 25.6 Å². The first kappa shape index (κ1) is 28.4. The molecule has 41 heavy (non-hydrogen) atoms. The van der Waals surface area contributed by atoms with Gasteiger partial charge in [0.15, 0.2) is 11.5 Å². The number of carbonyl (C=O) groups is 1. The first-order valence-corrected chi connectivity index (χ1v) is 13.3. The number of benzene rings is 2. The highest BCUT2D eigenvalue weighted by Gasteiger charge is 2.50. The molecule has 3 aromatic rings. The summed E-state index contributed by atoms with van der Waals surface area (Å²) in [5.74, 6) is -2.64. The predicted molar refractivity (Wildman–Crippen MR) is 145 cm³/mol. The number of methoxy groups -OCH3 is 1. The van der Waals surface area contributed by atoms with Crippen LogP contribution >= 0.6 is 0 Å². The highest BCUT2D eigenvalue weighted by Crippen LogP contribution is 2.55. The number of hydrogen-bond donors (Lipinski definition) is 3. The quantitative estimate of drug-likeness (QED) is 0.302. The van der Waals surface area contributed by atoms with Crippen LogP contribution in [0, 0.1) is 11.8 Å². The average molecular weight is 571 g/mol. The monoisotopic (exact) mass is 570 g/mol. The summed E-state index contributed by atoms with van der Waals surface area (Å²) in [6.07, 6.45) is -3.80. The number of anilines is 1. The number of ether oxygens (including phenoxy) is 4. The third kappa shape index (κ3) is 5.58. The predicted octanol–water partition coefficient (Wildman–Crippen LogP) is 5.22. The molecule has 1 aliphatic carbocycles. The number of halogens is 2. The molecule has 0 saturated heterocycles. The molecule has 218 valence electrons. The lowest BCUT2D eigenvalue weighted by molar-refractivity contribution is -0.286. The minimum Gasteiger partial charge on any atom is -0.497 e. The smallest absolute Gasteiger partial charge is 0.497 e. The first-order valence-electron chi connectivity index (χ1n) is 13.3. The van der Waals surface area contributed by atoms with E-state index in [1.54, 1.807) is 30.3 Å². The highest BCUT2D eigenvalue weighted by molar-refractivity contribution is 5.78. The van der Waals surface area contributed by atoms with E-state index in [4.69, 9.17) is 14.5 Å². The first-order chi connectivity index (χ1) is 19.5. The molecule has 1 aliphatic heterocycles. The summed E-state index contributed by atoms with van der Waals surface area (Å²) in [5, 5.41) is 23.5. The van der Waals surface area contributed by atoms with E-state index < -0.39 is 30.0 Å². The molecule has 2 aromatic carbocycles. The van der Waals surface area contributed by atoms with Crippen LogP contribution in [0.5, 0.6) is 23.0 Å². The summed E-state index contributed by atoms with van der Waals surface area (Å²) in [7, 11) is 1.52. The summed E-state index contributed by atoms with van der Waals surface area (Å²) >= 11 is 0. The molecule has 9 nitrogen and oxygen atoms in total. The Hall–Kier alpha value is -4.12. The standard InChI is InChI=1S/C30H32F2N2O7/c1-15(2)33-24-10-8-20-25(17-5-9-21-23(11-17)41-30(31,32)40-21)27(29(36)37)26(28(20)34-24)19-7-6-18(38-4)12-22(19)39-14-16(3)13-35/h5-12,15-16,25-27,35H,13-14H2,1-4H3,(H,33,34)(H,36,37)/t16?,25-,26-,27+/m0/s1. The minimum atomic E-state index is -3.80. The molecule has 0 fully saturated rings. The van der Waals surface area contributed by atoms with Gasteiger partial charge in [-0.3, -0.25) is 4.79 Å². The number of aliphatic carboxylic acids is 1. The second-order valence-electron chi connectivity index (χ2n) is 10.7. The molecule has 0 amide bonds. The SMILES string of the molecule is COc1ccc([C@@H]2c3nc(NC(C)C)ccc3[C@H](c3ccc4c(c3)OC(F)(F)O4)[C@H]2C(=O)O)c(OCC(C)CO)c1. The Bertz CT molecular complexity index is 1450. The number of hydrogen-bond acceptors (Lipinski definition) is 8. The van der Waals surface area contributed by atoms with Crippen molar-refractivity contribution in [3.05, 3.63) is 70.9 Å². The fourth-order valence-corrected chi connectivity index (χ4v) is 5.41. The number of pyridine rings is 1. The van der Waals surface area contributed by atoms with Crippen molar-refractivity contribution in [3.8, 4) is 23.0 Å². The van der Waals surface area contributed by atoms with Gasteiger partial charge in [0.05, 0.1) is 25.3 Å². The molecule has 1 aromatic heterocycles. The summed E-state index contributed by atoms with van der Waals surface area (Å²) in [6.45, 7) is 5.87. The number of carboxylic acid groups (broad SMARTS) is 1. The van der Waals surface area contributed by atoms with E-state index in [1.165, 1.54) is 19.2 Å². The summed E-state index contributed by atoms with van der Waals surface area (Å²) in [4.78, 5) is 17.9. The number of aromatic nitrogens is 1. The van der Waals surface area contributed by atoms with Crippen LogP contribution < -0.4 is 24.3 Å². The van der Waals surface area contributed by atoms with Crippen molar-refractivity contribution in [2.45, 2.75) is 44.9 Å². The van der Waals surface area contributed by atoms with Crippen molar-refractivity contribution >= 4 is 11.8 Å². The van der Waals surface area contributed by atoms with Gasteiger partial charge >= 0.3 is 12.3 Å². The van der Waals surface area contributed by atoms with Crippen molar-refractivity contribution in [1.29, 1.82) is 0 Å². The zero-order chi connectivity index (χ0) is 29.5. The number of fused-ring (bicyclic) bond motifs is 2. The lowest BCUT2D eigenvalue weighted by Crippen LogP contribution is -2.26. The topological polar surface area (TPSA) is 119 Å². The van der Waals surface area contributed by atoms with E-state index in [0.717, 1.165) is 0 Å². The van der Waals surface area contributed by atoms with Gasteiger partial charge in [-0.05, 0) is 49.2 Å². The number of carboxylic acids is 1. The van der Waals surface area contributed by atoms with Crippen LogP contribution in [0.15, 0.2) is 48.5 Å². The van der Waals surface area contributed by atoms with Gasteiger partial charge in [-0.15, -0.1) is 8.78 Å². The zero-order valence-corrected chi connectivity index (χ0v) is 23.1. The van der Waals surface area contributed by atoms with Gasteiger partial charge in [0.2, 0.25) is 0 Å². The Kier molecular flexibility index (Phi) is 7.65. The Labute approximate surface area is 236 Å². The van der Waals surface area contributed by atoms with Crippen LogP contribution in [0.1, 0.15) is 55.0 Å². The Morgan fingerprint density at radius 1 is 1.05 bits per heavy atom. The fraction of sp³-hybridized carbons (Fsp3) is 0.400. The molecular weight excluding hydrogens is 538 g/mol. The van der Waals surface area contributed by atoms with Crippen LogP contribution in [0.2, 0.25) is 0 Å². The average Bonchev–Trinajstić information content (AvgIpc) is 3.43. The lowest BCUT2D eigenvalue weighted by Gasteiger charge is -2.25. The van der Waals surface area contributed by atoms with Gasteiger partial charge in [-0.1, -0.05) is 25.1 Å². The molecule has 0 bridgehead atoms. The Morgan fingerprint density at radius 3 is 2.46 bits per heavy atom. The van der Waals surface area contributed by atoms with E-state index in [9.17, 15) is 23.8 Å². The number of aliphatic hydroxyl groups excluding tert-OH is 1. The molecule has 1 unspecified atom stereocenters. The maximum Gasteiger partial charge on any atom is 0.586 e. The third-order valence-corrected chi connectivity index (χ3v) is 7.20. The molecular formula is C30H32F2N2O7. The molecule has 4 atom stereocenters. The number of rotatable bonds is 10.